The molecule has 3 nitrogen and oxygen atoms in total. The molecule has 0 amide bonds. The average Bonchev–Trinajstić information content (AvgIpc) is 2.06. The number of ether oxygens (including phenoxy) is 1. The van der Waals surface area contributed by atoms with Crippen molar-refractivity contribution in [1.82, 2.24) is 10.2 Å². The zero-order valence-corrected chi connectivity index (χ0v) is 8.55. The second-order valence-electron chi connectivity index (χ2n) is 4.11. The van der Waals surface area contributed by atoms with Gasteiger partial charge in [-0.1, -0.05) is 0 Å². The summed E-state index contributed by atoms with van der Waals surface area (Å²) in [6, 6.07) is 0. The molecule has 0 aliphatic carbocycles. The van der Waals surface area contributed by atoms with Crippen LogP contribution in [-0.4, -0.2) is 50.3 Å². The largest absolute Gasteiger partial charge is 0.374 e. The van der Waals surface area contributed by atoms with Gasteiger partial charge in [-0.25, -0.2) is 0 Å². The fourth-order valence-corrected chi connectivity index (χ4v) is 1.31. The third-order valence-corrected chi connectivity index (χ3v) is 2.87. The molecule has 1 heterocycles. The molecule has 1 aliphatic rings. The van der Waals surface area contributed by atoms with Crippen LogP contribution in [0.25, 0.3) is 0 Å². The maximum atomic E-state index is 5.70. The summed E-state index contributed by atoms with van der Waals surface area (Å²) in [5, 5.41) is 3.34. The predicted octanol–water partition coefficient (Wildman–Crippen LogP) is 0.315. The molecule has 12 heavy (non-hydrogen) atoms. The molecule has 1 atom stereocenters. The molecule has 3 heteroatoms. The first-order chi connectivity index (χ1) is 5.55. The lowest BCUT2D eigenvalue weighted by Crippen LogP contribution is -2.56. The van der Waals surface area contributed by atoms with E-state index in [4.69, 9.17) is 4.74 Å². The van der Waals surface area contributed by atoms with Crippen molar-refractivity contribution in [3.05, 3.63) is 0 Å². The summed E-state index contributed by atoms with van der Waals surface area (Å²) in [5.41, 5.74) is 0.118. The van der Waals surface area contributed by atoms with Crippen molar-refractivity contribution >= 4 is 0 Å². The maximum absolute atomic E-state index is 5.70. The van der Waals surface area contributed by atoms with Crippen LogP contribution in [0.3, 0.4) is 0 Å². The Hall–Kier alpha value is -0.120. The van der Waals surface area contributed by atoms with Gasteiger partial charge in [0, 0.05) is 18.6 Å². The zero-order chi connectivity index (χ0) is 9.19. The van der Waals surface area contributed by atoms with Gasteiger partial charge in [0.25, 0.3) is 0 Å². The molecule has 1 unspecified atom stereocenters. The van der Waals surface area contributed by atoms with E-state index in [1.165, 1.54) is 0 Å². The molecule has 1 saturated heterocycles. The van der Waals surface area contributed by atoms with Gasteiger partial charge in [0.15, 0.2) is 0 Å². The smallest absolute Gasteiger partial charge is 0.0877 e. The lowest BCUT2D eigenvalue weighted by Gasteiger charge is -2.41. The van der Waals surface area contributed by atoms with Crippen molar-refractivity contribution in [3.8, 4) is 0 Å². The summed E-state index contributed by atoms with van der Waals surface area (Å²) in [4.78, 5) is 2.21. The Bertz CT molecular complexity index is 139. The van der Waals surface area contributed by atoms with Crippen LogP contribution >= 0.6 is 0 Å². The highest BCUT2D eigenvalue weighted by molar-refractivity contribution is 4.89. The SMILES string of the molecule is CN(C)C(C)(C)C1CNCCO1. The summed E-state index contributed by atoms with van der Waals surface area (Å²) in [7, 11) is 4.19. The lowest BCUT2D eigenvalue weighted by atomic mass is 9.95. The number of nitrogens with one attached hydrogen (secondary N) is 1. The van der Waals surface area contributed by atoms with Crippen molar-refractivity contribution in [2.75, 3.05) is 33.8 Å². The highest BCUT2D eigenvalue weighted by Crippen LogP contribution is 2.19. The first-order valence-electron chi connectivity index (χ1n) is 4.55. The van der Waals surface area contributed by atoms with Crippen molar-refractivity contribution in [2.24, 2.45) is 0 Å². The Kier molecular flexibility index (Phi) is 3.09. The topological polar surface area (TPSA) is 24.5 Å². The highest BCUT2D eigenvalue weighted by Gasteiger charge is 2.33. The quantitative estimate of drug-likeness (QED) is 0.649. The third-order valence-electron chi connectivity index (χ3n) is 2.87. The molecular weight excluding hydrogens is 152 g/mol. The Morgan fingerprint density at radius 3 is 2.50 bits per heavy atom. The normalized spacial score (nSPS) is 26.2. The Morgan fingerprint density at radius 1 is 1.42 bits per heavy atom. The fourth-order valence-electron chi connectivity index (χ4n) is 1.31. The standard InChI is InChI=1S/C9H20N2O/c1-9(2,11(3)4)8-7-10-5-6-12-8/h8,10H,5-7H2,1-4H3. The van der Waals surface area contributed by atoms with Crippen LogP contribution in [0.5, 0.6) is 0 Å². The van der Waals surface area contributed by atoms with Gasteiger partial charge in [-0.3, -0.25) is 0 Å². The zero-order valence-electron chi connectivity index (χ0n) is 8.55. The average molecular weight is 172 g/mol. The number of rotatable bonds is 2. The molecule has 1 rings (SSSR count). The van der Waals surface area contributed by atoms with E-state index in [9.17, 15) is 0 Å². The molecule has 72 valence electrons. The lowest BCUT2D eigenvalue weighted by molar-refractivity contribution is -0.0564. The van der Waals surface area contributed by atoms with Gasteiger partial charge in [0.2, 0.25) is 0 Å². The predicted molar refractivity (Wildman–Crippen MR) is 50.4 cm³/mol. The molecule has 1 fully saturated rings. The molecule has 0 bridgehead atoms. The van der Waals surface area contributed by atoms with E-state index in [1.807, 2.05) is 0 Å². The summed E-state index contributed by atoms with van der Waals surface area (Å²) in [6.07, 6.45) is 0.307. The van der Waals surface area contributed by atoms with Crippen molar-refractivity contribution in [2.45, 2.75) is 25.5 Å². The van der Waals surface area contributed by atoms with Crippen molar-refractivity contribution in [3.63, 3.8) is 0 Å². The highest BCUT2D eigenvalue weighted by atomic mass is 16.5. The second kappa shape index (κ2) is 3.73. The molecule has 0 aromatic rings. The summed E-state index contributed by atoms with van der Waals surface area (Å²) >= 11 is 0. The minimum Gasteiger partial charge on any atom is -0.374 e. The molecule has 0 aromatic carbocycles. The summed E-state index contributed by atoms with van der Waals surface area (Å²) in [5.74, 6) is 0. The van der Waals surface area contributed by atoms with E-state index in [0.717, 1.165) is 19.7 Å². The van der Waals surface area contributed by atoms with E-state index in [0.29, 0.717) is 6.10 Å². The van der Waals surface area contributed by atoms with E-state index >= 15 is 0 Å². The number of nitrogens with zero attached hydrogens (tertiary/aromatic N) is 1. The van der Waals surface area contributed by atoms with Crippen LogP contribution in [0, 0.1) is 0 Å². The van der Waals surface area contributed by atoms with E-state index in [1.54, 1.807) is 0 Å². The van der Waals surface area contributed by atoms with Crippen molar-refractivity contribution < 1.29 is 4.74 Å². The van der Waals surface area contributed by atoms with Crippen LogP contribution in [0.4, 0.5) is 0 Å². The molecule has 0 spiro atoms. The number of morpholine rings is 1. The van der Waals surface area contributed by atoms with Crippen LogP contribution < -0.4 is 5.32 Å². The Balaban J connectivity index is 2.53. The molecule has 1 aliphatic heterocycles. The van der Waals surface area contributed by atoms with Gasteiger partial charge in [0.05, 0.1) is 12.7 Å². The molecule has 0 saturated carbocycles. The molecule has 0 aromatic heterocycles. The van der Waals surface area contributed by atoms with Crippen LogP contribution in [0.2, 0.25) is 0 Å². The number of likely N-dealkylation sites (N-methyl/N-ethyl adjacent to an activating group) is 1. The van der Waals surface area contributed by atoms with Gasteiger partial charge in [0.1, 0.15) is 0 Å². The van der Waals surface area contributed by atoms with Crippen molar-refractivity contribution in [1.29, 1.82) is 0 Å². The number of hydrogen-bond acceptors (Lipinski definition) is 3. The fraction of sp³-hybridized carbons (Fsp3) is 1.00. The third kappa shape index (κ3) is 1.97. The first kappa shape index (κ1) is 9.96. The van der Waals surface area contributed by atoms with Gasteiger partial charge in [-0.2, -0.15) is 0 Å². The van der Waals surface area contributed by atoms with Crippen LogP contribution in [0.1, 0.15) is 13.8 Å². The Labute approximate surface area is 75.1 Å². The minimum absolute atomic E-state index is 0.118. The first-order valence-corrected chi connectivity index (χ1v) is 4.55. The molecular formula is C9H20N2O. The maximum Gasteiger partial charge on any atom is 0.0877 e. The number of hydrogen-bond donors (Lipinski definition) is 1. The van der Waals surface area contributed by atoms with E-state index in [2.05, 4.69) is 38.2 Å². The van der Waals surface area contributed by atoms with Crippen LogP contribution in [-0.2, 0) is 4.74 Å². The van der Waals surface area contributed by atoms with Gasteiger partial charge < -0.3 is 15.0 Å². The summed E-state index contributed by atoms with van der Waals surface area (Å²) < 4.78 is 5.70. The molecule has 0 radical (unpaired) electrons. The molecule has 1 N–H and O–H groups in total. The van der Waals surface area contributed by atoms with Crippen LogP contribution in [0.15, 0.2) is 0 Å². The van der Waals surface area contributed by atoms with Gasteiger partial charge in [-0.05, 0) is 27.9 Å². The summed E-state index contributed by atoms with van der Waals surface area (Å²) in [6.45, 7) is 7.21. The minimum atomic E-state index is 0.118. The van der Waals surface area contributed by atoms with E-state index in [-0.39, 0.29) is 5.54 Å². The van der Waals surface area contributed by atoms with Gasteiger partial charge in [-0.15, -0.1) is 0 Å². The van der Waals surface area contributed by atoms with E-state index < -0.39 is 0 Å². The monoisotopic (exact) mass is 172 g/mol. The Morgan fingerprint density at radius 2 is 2.08 bits per heavy atom. The second-order valence-corrected chi connectivity index (χ2v) is 4.11. The van der Waals surface area contributed by atoms with Gasteiger partial charge >= 0.3 is 0 Å².